The minimum Gasteiger partial charge on any atom is -0.507 e. The summed E-state index contributed by atoms with van der Waals surface area (Å²) in [5.74, 6) is 1.24. The van der Waals surface area contributed by atoms with E-state index in [1.807, 2.05) is 50.2 Å². The molecule has 0 fully saturated rings. The fraction of sp³-hybridized carbons (Fsp3) is 0.200. The van der Waals surface area contributed by atoms with Crippen LogP contribution in [0.5, 0.6) is 11.5 Å². The second-order valence-corrected chi connectivity index (χ2v) is 6.06. The number of aromatic hydroxyl groups is 1. The van der Waals surface area contributed by atoms with Gasteiger partial charge in [0.15, 0.2) is 0 Å². The number of hydrogen-bond donors (Lipinski definition) is 3. The average Bonchev–Trinajstić information content (AvgIpc) is 2.61. The second-order valence-electron chi connectivity index (χ2n) is 6.06. The number of benzene rings is 2. The highest BCUT2D eigenvalue weighted by Crippen LogP contribution is 2.41. The summed E-state index contributed by atoms with van der Waals surface area (Å²) in [5.41, 5.74) is 15.6. The van der Waals surface area contributed by atoms with E-state index in [1.54, 1.807) is 6.20 Å². The van der Waals surface area contributed by atoms with Gasteiger partial charge in [0, 0.05) is 18.2 Å². The molecule has 0 amide bonds. The van der Waals surface area contributed by atoms with E-state index in [9.17, 15) is 5.11 Å². The fourth-order valence-electron chi connectivity index (χ4n) is 2.81. The molecule has 0 saturated carbocycles. The maximum atomic E-state index is 10.9. The van der Waals surface area contributed by atoms with E-state index in [0.717, 1.165) is 11.1 Å². The molecule has 1 aromatic heterocycles. The van der Waals surface area contributed by atoms with Crippen LogP contribution in [-0.4, -0.2) is 21.7 Å². The average molecular weight is 350 g/mol. The topological polar surface area (TPSA) is 107 Å². The van der Waals surface area contributed by atoms with Gasteiger partial charge >= 0.3 is 0 Å². The minimum atomic E-state index is 0.127. The van der Waals surface area contributed by atoms with Gasteiger partial charge in [0.25, 0.3) is 0 Å². The molecule has 3 aromatic rings. The van der Waals surface area contributed by atoms with Gasteiger partial charge in [0.05, 0.1) is 12.2 Å². The van der Waals surface area contributed by atoms with Crippen LogP contribution in [0.3, 0.4) is 0 Å². The van der Waals surface area contributed by atoms with E-state index in [-0.39, 0.29) is 11.7 Å². The van der Waals surface area contributed by atoms with Gasteiger partial charge in [-0.3, -0.25) is 0 Å². The number of aryl methyl sites for hydroxylation is 1. The number of phenolic OH excluding ortho intramolecular Hbond substituents is 1. The number of anilines is 2. The Hall–Kier alpha value is -3.28. The van der Waals surface area contributed by atoms with Crippen LogP contribution in [0.1, 0.15) is 23.6 Å². The summed E-state index contributed by atoms with van der Waals surface area (Å²) < 4.78 is 5.72. The Balaban J connectivity index is 2.07. The molecule has 134 valence electrons. The van der Waals surface area contributed by atoms with Crippen LogP contribution in [0.25, 0.3) is 11.1 Å². The summed E-state index contributed by atoms with van der Waals surface area (Å²) in [5, 5.41) is 10.9. The van der Waals surface area contributed by atoms with E-state index in [2.05, 4.69) is 9.97 Å². The maximum Gasteiger partial charge on any atom is 0.221 e. The van der Waals surface area contributed by atoms with Gasteiger partial charge < -0.3 is 21.3 Å². The van der Waals surface area contributed by atoms with Crippen molar-refractivity contribution in [3.63, 3.8) is 0 Å². The van der Waals surface area contributed by atoms with Crippen molar-refractivity contribution in [1.29, 1.82) is 0 Å². The zero-order valence-electron chi connectivity index (χ0n) is 14.9. The van der Waals surface area contributed by atoms with Gasteiger partial charge in [0.1, 0.15) is 17.3 Å². The first-order chi connectivity index (χ1) is 12.5. The fourth-order valence-corrected chi connectivity index (χ4v) is 2.81. The Labute approximate surface area is 152 Å². The number of nitrogen functional groups attached to an aromatic ring is 2. The first kappa shape index (κ1) is 17.5. The quantitative estimate of drug-likeness (QED) is 0.651. The highest BCUT2D eigenvalue weighted by molar-refractivity contribution is 5.78. The molecule has 0 spiro atoms. The van der Waals surface area contributed by atoms with Crippen LogP contribution in [-0.2, 0) is 6.42 Å². The third kappa shape index (κ3) is 3.54. The van der Waals surface area contributed by atoms with Crippen molar-refractivity contribution < 1.29 is 9.84 Å². The van der Waals surface area contributed by atoms with Gasteiger partial charge in [0.2, 0.25) is 5.95 Å². The number of nitrogens with zero attached hydrogens (tertiary/aromatic N) is 2. The standard InChI is InChI=1S/C20H22N4O2/c1-3-26-16-9-8-14(10-15-11-23-20(22)24-19(15)21)18(25)17(16)13-6-4-12(2)5-7-13/h4-9,11,25H,3,10H2,1-2H3,(H4,21,22,23,24). The first-order valence-electron chi connectivity index (χ1n) is 8.41. The minimum absolute atomic E-state index is 0.127. The molecule has 3 rings (SSSR count). The van der Waals surface area contributed by atoms with E-state index < -0.39 is 0 Å². The predicted molar refractivity (Wildman–Crippen MR) is 103 cm³/mol. The van der Waals surface area contributed by atoms with E-state index in [0.29, 0.717) is 41.3 Å². The number of aromatic nitrogens is 2. The van der Waals surface area contributed by atoms with Gasteiger partial charge in [-0.05, 0) is 31.0 Å². The number of phenols is 1. The smallest absolute Gasteiger partial charge is 0.221 e. The molecule has 5 N–H and O–H groups in total. The molecule has 6 nitrogen and oxygen atoms in total. The molecule has 0 aliphatic rings. The lowest BCUT2D eigenvalue weighted by molar-refractivity contribution is 0.339. The Morgan fingerprint density at radius 1 is 1.04 bits per heavy atom. The lowest BCUT2D eigenvalue weighted by Gasteiger charge is -2.16. The molecule has 0 radical (unpaired) electrons. The Bertz CT molecular complexity index is 924. The number of ether oxygens (including phenoxy) is 1. The van der Waals surface area contributed by atoms with Crippen molar-refractivity contribution in [3.05, 3.63) is 59.3 Å². The van der Waals surface area contributed by atoms with Gasteiger partial charge in [-0.25, -0.2) is 4.98 Å². The van der Waals surface area contributed by atoms with Crippen LogP contribution in [0.4, 0.5) is 11.8 Å². The second kappa shape index (κ2) is 7.31. The van der Waals surface area contributed by atoms with Gasteiger partial charge in [-0.15, -0.1) is 0 Å². The van der Waals surface area contributed by atoms with Gasteiger partial charge in [-0.2, -0.15) is 4.98 Å². The molecular formula is C20H22N4O2. The third-order valence-electron chi connectivity index (χ3n) is 4.16. The monoisotopic (exact) mass is 350 g/mol. The largest absolute Gasteiger partial charge is 0.507 e. The molecule has 6 heteroatoms. The highest BCUT2D eigenvalue weighted by Gasteiger charge is 2.17. The third-order valence-corrected chi connectivity index (χ3v) is 4.16. The molecule has 0 bridgehead atoms. The number of rotatable bonds is 5. The van der Waals surface area contributed by atoms with Crippen molar-refractivity contribution in [2.24, 2.45) is 0 Å². The molecule has 0 aliphatic heterocycles. The molecule has 26 heavy (non-hydrogen) atoms. The molecule has 2 aromatic carbocycles. The van der Waals surface area contributed by atoms with Crippen molar-refractivity contribution in [2.75, 3.05) is 18.1 Å². The van der Waals surface area contributed by atoms with Crippen molar-refractivity contribution in [3.8, 4) is 22.6 Å². The summed E-state index contributed by atoms with van der Waals surface area (Å²) in [6, 6.07) is 11.6. The van der Waals surface area contributed by atoms with Crippen molar-refractivity contribution in [2.45, 2.75) is 20.3 Å². The van der Waals surface area contributed by atoms with E-state index in [1.165, 1.54) is 0 Å². The lowest BCUT2D eigenvalue weighted by Crippen LogP contribution is -2.04. The van der Waals surface area contributed by atoms with Crippen LogP contribution in [0.15, 0.2) is 42.6 Å². The zero-order valence-corrected chi connectivity index (χ0v) is 14.9. The Morgan fingerprint density at radius 2 is 1.77 bits per heavy atom. The van der Waals surface area contributed by atoms with Gasteiger partial charge in [-0.1, -0.05) is 35.9 Å². The van der Waals surface area contributed by atoms with Crippen molar-refractivity contribution in [1.82, 2.24) is 9.97 Å². The Morgan fingerprint density at radius 3 is 2.42 bits per heavy atom. The highest BCUT2D eigenvalue weighted by atomic mass is 16.5. The predicted octanol–water partition coefficient (Wildman–Crippen LogP) is 3.31. The van der Waals surface area contributed by atoms with Crippen LogP contribution in [0, 0.1) is 6.92 Å². The maximum absolute atomic E-state index is 10.9. The van der Waals surface area contributed by atoms with Crippen LogP contribution < -0.4 is 16.2 Å². The summed E-state index contributed by atoms with van der Waals surface area (Å²) in [4.78, 5) is 7.96. The first-order valence-corrected chi connectivity index (χ1v) is 8.41. The zero-order chi connectivity index (χ0) is 18.7. The lowest BCUT2D eigenvalue weighted by atomic mass is 9.96. The molecule has 0 aliphatic carbocycles. The molecule has 0 saturated heterocycles. The molecule has 0 atom stereocenters. The Kier molecular flexibility index (Phi) is 4.93. The van der Waals surface area contributed by atoms with E-state index in [4.69, 9.17) is 16.2 Å². The molecular weight excluding hydrogens is 328 g/mol. The number of hydrogen-bond acceptors (Lipinski definition) is 6. The molecule has 1 heterocycles. The summed E-state index contributed by atoms with van der Waals surface area (Å²) in [7, 11) is 0. The van der Waals surface area contributed by atoms with Crippen LogP contribution >= 0.6 is 0 Å². The summed E-state index contributed by atoms with van der Waals surface area (Å²) >= 11 is 0. The normalized spacial score (nSPS) is 10.7. The van der Waals surface area contributed by atoms with E-state index >= 15 is 0 Å². The summed E-state index contributed by atoms with van der Waals surface area (Å²) in [6.07, 6.45) is 1.97. The molecule has 0 unspecified atom stereocenters. The van der Waals surface area contributed by atoms with Crippen LogP contribution in [0.2, 0.25) is 0 Å². The SMILES string of the molecule is CCOc1ccc(Cc2cnc(N)nc2N)c(O)c1-c1ccc(C)cc1. The summed E-state index contributed by atoms with van der Waals surface area (Å²) in [6.45, 7) is 4.44. The van der Waals surface area contributed by atoms with Crippen molar-refractivity contribution >= 4 is 11.8 Å². The number of nitrogens with two attached hydrogens (primary N) is 2.